The van der Waals surface area contributed by atoms with E-state index < -0.39 is 11.7 Å². The monoisotopic (exact) mass is 679 g/mol. The first kappa shape index (κ1) is 36.5. The lowest BCUT2D eigenvalue weighted by molar-refractivity contribution is -0.137. The predicted molar refractivity (Wildman–Crippen MR) is 181 cm³/mol. The average Bonchev–Trinajstić information content (AvgIpc) is 3.41. The van der Waals surface area contributed by atoms with Crippen molar-refractivity contribution < 1.29 is 22.6 Å². The van der Waals surface area contributed by atoms with Crippen molar-refractivity contribution in [1.29, 1.82) is 0 Å². The van der Waals surface area contributed by atoms with Gasteiger partial charge in [0.25, 0.3) is 0 Å². The molecule has 0 amide bonds. The third kappa shape index (κ3) is 10.3. The summed E-state index contributed by atoms with van der Waals surface area (Å²) < 4.78 is 53.3. The summed E-state index contributed by atoms with van der Waals surface area (Å²) in [4.78, 5) is 0. The van der Waals surface area contributed by atoms with E-state index in [1.54, 1.807) is 0 Å². The highest BCUT2D eigenvalue weighted by atomic mass is 35.5. The van der Waals surface area contributed by atoms with Crippen molar-refractivity contribution in [3.05, 3.63) is 87.1 Å². The number of fused-ring (bicyclic) bond motifs is 1. The normalized spacial score (nSPS) is 17.7. The van der Waals surface area contributed by atoms with Crippen molar-refractivity contribution in [2.24, 2.45) is 11.8 Å². The Balaban J connectivity index is 1.49. The Kier molecular flexibility index (Phi) is 12.8. The molecular weight excluding hydrogens is 634 g/mol. The van der Waals surface area contributed by atoms with Crippen LogP contribution < -0.4 is 5.32 Å². The first-order chi connectivity index (χ1) is 21.7. The number of ether oxygens (including phenoxy) is 2. The minimum atomic E-state index is -4.53. The second-order valence-electron chi connectivity index (χ2n) is 13.2. The quantitative estimate of drug-likeness (QED) is 0.124. The summed E-state index contributed by atoms with van der Waals surface area (Å²) in [6.07, 6.45) is 6.34. The number of hydrogen-bond donors (Lipinski definition) is 2. The van der Waals surface area contributed by atoms with E-state index in [1.807, 2.05) is 24.3 Å². The van der Waals surface area contributed by atoms with Crippen LogP contribution in [0.2, 0.25) is 10.0 Å². The number of nitrogens with one attached hydrogen (secondary N) is 2. The van der Waals surface area contributed by atoms with Gasteiger partial charge in [0.05, 0.1) is 35.6 Å². The lowest BCUT2D eigenvalue weighted by atomic mass is 9.75. The van der Waals surface area contributed by atoms with Gasteiger partial charge in [-0.15, -0.1) is 0 Å². The number of benzene rings is 2. The smallest absolute Gasteiger partial charge is 0.373 e. The maximum Gasteiger partial charge on any atom is 0.416 e. The zero-order valence-electron chi connectivity index (χ0n) is 27.3. The molecule has 3 aromatic rings. The van der Waals surface area contributed by atoms with Crippen LogP contribution in [0.15, 0.2) is 60.2 Å². The molecule has 0 aliphatic heterocycles. The summed E-state index contributed by atoms with van der Waals surface area (Å²) in [5.41, 5.74) is 2.27. The highest BCUT2D eigenvalue weighted by Crippen LogP contribution is 2.43. The molecule has 0 saturated carbocycles. The van der Waals surface area contributed by atoms with Gasteiger partial charge in [0.15, 0.2) is 0 Å². The number of hydrogen-bond acceptors (Lipinski definition) is 4. The SMILES string of the molecule is CCCC(C1=CCC(COCNCCC(C)OC(C)(C)C)C=C1)C(Cc1ccc(Cl)cc1)c1[nH]nc2c(Cl)cc(C(F)(F)F)cc12. The summed E-state index contributed by atoms with van der Waals surface area (Å²) in [7, 11) is 0. The van der Waals surface area contributed by atoms with Gasteiger partial charge in [0.1, 0.15) is 5.52 Å². The van der Waals surface area contributed by atoms with Gasteiger partial charge in [-0.3, -0.25) is 10.4 Å². The van der Waals surface area contributed by atoms with Crippen LogP contribution in [0.1, 0.15) is 83.0 Å². The van der Waals surface area contributed by atoms with Gasteiger partial charge >= 0.3 is 6.18 Å². The van der Waals surface area contributed by atoms with Crippen molar-refractivity contribution in [2.45, 2.75) is 90.5 Å². The Hall–Kier alpha value is -2.36. The number of nitrogens with zero attached hydrogens (tertiary/aromatic N) is 1. The standard InChI is InChI=1S/C36H46Cl2F3N3O2/c1-6-7-29(26-12-8-25(9-13-26)21-45-22-42-17-16-23(2)46-35(3,4)5)30(18-24-10-14-28(37)15-11-24)33-31-19-27(36(39,40)41)20-32(38)34(31)44-43-33/h8,10-15,19-20,23,25,29-30,42H,6-7,9,16-18,21-22H2,1-5H3,(H,43,44). The predicted octanol–water partition coefficient (Wildman–Crippen LogP) is 10.3. The number of aromatic amines is 1. The molecule has 252 valence electrons. The molecule has 5 nitrogen and oxygen atoms in total. The Morgan fingerprint density at radius 1 is 1.07 bits per heavy atom. The molecule has 0 fully saturated rings. The first-order valence-electron chi connectivity index (χ1n) is 16.1. The number of alkyl halides is 3. The molecule has 4 rings (SSSR count). The van der Waals surface area contributed by atoms with Crippen LogP contribution in [-0.4, -0.2) is 41.8 Å². The van der Waals surface area contributed by atoms with E-state index in [0.717, 1.165) is 43.9 Å². The first-order valence-corrected chi connectivity index (χ1v) is 16.8. The molecule has 0 spiro atoms. The van der Waals surface area contributed by atoms with Crippen LogP contribution in [0.25, 0.3) is 10.9 Å². The summed E-state index contributed by atoms with van der Waals surface area (Å²) in [6.45, 7) is 12.3. The Bertz CT molecular complexity index is 1480. The molecule has 2 N–H and O–H groups in total. The van der Waals surface area contributed by atoms with Crippen LogP contribution in [0.3, 0.4) is 0 Å². The van der Waals surface area contributed by atoms with Gasteiger partial charge in [-0.25, -0.2) is 0 Å². The molecule has 4 atom stereocenters. The fourth-order valence-electron chi connectivity index (χ4n) is 6.17. The van der Waals surface area contributed by atoms with E-state index in [9.17, 15) is 13.2 Å². The number of H-pyrrole nitrogens is 1. The lowest BCUT2D eigenvalue weighted by Crippen LogP contribution is -2.29. The molecule has 1 aromatic heterocycles. The largest absolute Gasteiger partial charge is 0.416 e. The van der Waals surface area contributed by atoms with Gasteiger partial charge in [0, 0.05) is 27.9 Å². The highest BCUT2D eigenvalue weighted by molar-refractivity contribution is 6.35. The summed E-state index contributed by atoms with van der Waals surface area (Å²) in [6, 6.07) is 9.73. The molecule has 4 unspecified atom stereocenters. The van der Waals surface area contributed by atoms with Crippen molar-refractivity contribution in [3.8, 4) is 0 Å². The van der Waals surface area contributed by atoms with Crippen LogP contribution in [0, 0.1) is 11.8 Å². The topological polar surface area (TPSA) is 59.2 Å². The summed E-state index contributed by atoms with van der Waals surface area (Å²) >= 11 is 12.5. The molecule has 1 heterocycles. The Morgan fingerprint density at radius 2 is 1.80 bits per heavy atom. The Morgan fingerprint density at radius 3 is 2.43 bits per heavy atom. The second kappa shape index (κ2) is 16.2. The highest BCUT2D eigenvalue weighted by Gasteiger charge is 2.34. The van der Waals surface area contributed by atoms with E-state index >= 15 is 0 Å². The average molecular weight is 681 g/mol. The third-order valence-electron chi connectivity index (χ3n) is 8.26. The van der Waals surface area contributed by atoms with Crippen molar-refractivity contribution >= 4 is 34.1 Å². The number of rotatable bonds is 15. The van der Waals surface area contributed by atoms with Crippen molar-refractivity contribution in [3.63, 3.8) is 0 Å². The van der Waals surface area contributed by atoms with Gasteiger partial charge in [-0.05, 0) is 101 Å². The van der Waals surface area contributed by atoms with E-state index in [2.05, 4.69) is 68.4 Å². The number of allylic oxidation sites excluding steroid dienone is 3. The van der Waals surface area contributed by atoms with Crippen LogP contribution in [-0.2, 0) is 22.1 Å². The number of halogens is 5. The van der Waals surface area contributed by atoms with Crippen LogP contribution >= 0.6 is 23.2 Å². The molecule has 2 aromatic carbocycles. The second-order valence-corrected chi connectivity index (χ2v) is 14.1. The molecule has 1 aliphatic rings. The van der Waals surface area contributed by atoms with Gasteiger partial charge < -0.3 is 9.47 Å². The van der Waals surface area contributed by atoms with E-state index in [1.165, 1.54) is 11.6 Å². The van der Waals surface area contributed by atoms with E-state index in [-0.39, 0.29) is 34.5 Å². The molecule has 10 heteroatoms. The van der Waals surface area contributed by atoms with Crippen LogP contribution in [0.5, 0.6) is 0 Å². The molecular formula is C36H46Cl2F3N3O2. The molecule has 46 heavy (non-hydrogen) atoms. The van der Waals surface area contributed by atoms with Crippen molar-refractivity contribution in [2.75, 3.05) is 19.9 Å². The van der Waals surface area contributed by atoms with Gasteiger partial charge in [0.2, 0.25) is 0 Å². The molecule has 0 radical (unpaired) electrons. The number of aromatic nitrogens is 2. The maximum absolute atomic E-state index is 13.8. The summed E-state index contributed by atoms with van der Waals surface area (Å²) in [5, 5.41) is 11.8. The molecule has 0 saturated heterocycles. The fourth-order valence-corrected chi connectivity index (χ4v) is 6.56. The Labute approximate surface area is 280 Å². The minimum absolute atomic E-state index is 0.0218. The summed E-state index contributed by atoms with van der Waals surface area (Å²) in [5.74, 6) is 0.102. The van der Waals surface area contributed by atoms with E-state index in [4.69, 9.17) is 32.7 Å². The zero-order chi connectivity index (χ0) is 33.5. The zero-order valence-corrected chi connectivity index (χ0v) is 28.8. The van der Waals surface area contributed by atoms with Crippen LogP contribution in [0.4, 0.5) is 13.2 Å². The minimum Gasteiger partial charge on any atom is -0.373 e. The van der Waals surface area contributed by atoms with Crippen molar-refractivity contribution in [1.82, 2.24) is 15.5 Å². The van der Waals surface area contributed by atoms with Gasteiger partial charge in [-0.2, -0.15) is 18.3 Å². The molecule has 1 aliphatic carbocycles. The van der Waals surface area contributed by atoms with E-state index in [0.29, 0.717) is 41.4 Å². The maximum atomic E-state index is 13.8. The fraction of sp³-hybridized carbons (Fsp3) is 0.528. The molecule has 0 bridgehead atoms. The third-order valence-corrected chi connectivity index (χ3v) is 8.80. The lowest BCUT2D eigenvalue weighted by Gasteiger charge is -2.30. The van der Waals surface area contributed by atoms with Gasteiger partial charge in [-0.1, -0.05) is 66.9 Å².